The quantitative estimate of drug-likeness (QED) is 0.375. The Morgan fingerprint density at radius 3 is 2.47 bits per heavy atom. The Labute approximate surface area is 98.6 Å². The van der Waals surface area contributed by atoms with Crippen molar-refractivity contribution in [1.82, 2.24) is 0 Å². The van der Waals surface area contributed by atoms with Crippen LogP contribution in [0.5, 0.6) is 0 Å². The number of nitrogens with zero attached hydrogens (tertiary/aromatic N) is 1. The standard InChI is InChI=1S/C12H12N2O3/c1-2-3-4-5-12(15)13-10-6-8-11(9-7-10)14(16)17/h2-9H,1H3,(H,13,15)/b3-2+,5-4-. The van der Waals surface area contributed by atoms with Gasteiger partial charge in [-0.15, -0.1) is 0 Å². The molecule has 5 heteroatoms. The summed E-state index contributed by atoms with van der Waals surface area (Å²) in [5.74, 6) is -0.281. The third kappa shape index (κ3) is 4.29. The number of non-ortho nitro benzene ring substituents is 1. The Balaban J connectivity index is 2.63. The molecule has 1 amide bonds. The van der Waals surface area contributed by atoms with Gasteiger partial charge in [-0.2, -0.15) is 0 Å². The van der Waals surface area contributed by atoms with Crippen LogP contribution in [0, 0.1) is 10.1 Å². The van der Waals surface area contributed by atoms with Gasteiger partial charge in [-0.05, 0) is 19.1 Å². The maximum Gasteiger partial charge on any atom is 0.269 e. The van der Waals surface area contributed by atoms with E-state index in [1.165, 1.54) is 30.3 Å². The molecular formula is C12H12N2O3. The average Bonchev–Trinajstić information content (AvgIpc) is 2.30. The molecule has 0 saturated carbocycles. The van der Waals surface area contributed by atoms with E-state index in [9.17, 15) is 14.9 Å². The predicted molar refractivity (Wildman–Crippen MR) is 65.7 cm³/mol. The molecular weight excluding hydrogens is 220 g/mol. The molecule has 5 nitrogen and oxygen atoms in total. The fourth-order valence-corrected chi connectivity index (χ4v) is 1.10. The summed E-state index contributed by atoms with van der Waals surface area (Å²) in [5.41, 5.74) is 0.512. The van der Waals surface area contributed by atoms with Gasteiger partial charge < -0.3 is 5.32 Å². The number of hydrogen-bond donors (Lipinski definition) is 1. The number of nitro benzene ring substituents is 1. The van der Waals surface area contributed by atoms with Crippen LogP contribution in [0.15, 0.2) is 48.6 Å². The van der Waals surface area contributed by atoms with E-state index >= 15 is 0 Å². The maximum absolute atomic E-state index is 11.3. The van der Waals surface area contributed by atoms with Gasteiger partial charge in [0.05, 0.1) is 4.92 Å². The van der Waals surface area contributed by atoms with Gasteiger partial charge in [0.1, 0.15) is 0 Å². The molecule has 1 rings (SSSR count). The highest BCUT2D eigenvalue weighted by Gasteiger charge is 2.04. The summed E-state index contributed by atoms with van der Waals surface area (Å²) < 4.78 is 0. The number of allylic oxidation sites excluding steroid dienone is 3. The minimum absolute atomic E-state index is 0.00698. The highest BCUT2D eigenvalue weighted by molar-refractivity contribution is 5.99. The number of rotatable bonds is 4. The summed E-state index contributed by atoms with van der Waals surface area (Å²) in [6, 6.07) is 5.65. The predicted octanol–water partition coefficient (Wildman–Crippen LogP) is 2.67. The van der Waals surface area contributed by atoms with Crippen LogP contribution in [-0.4, -0.2) is 10.8 Å². The van der Waals surface area contributed by atoms with Crippen molar-refractivity contribution < 1.29 is 9.72 Å². The van der Waals surface area contributed by atoms with Crippen LogP contribution >= 0.6 is 0 Å². The number of amides is 1. The first-order valence-corrected chi connectivity index (χ1v) is 4.98. The van der Waals surface area contributed by atoms with E-state index in [0.717, 1.165) is 0 Å². The normalized spacial score (nSPS) is 10.9. The minimum atomic E-state index is -0.489. The summed E-state index contributed by atoms with van der Waals surface area (Å²) in [4.78, 5) is 21.3. The molecule has 0 aliphatic heterocycles. The minimum Gasteiger partial charge on any atom is -0.323 e. The van der Waals surface area contributed by atoms with Gasteiger partial charge in [0.25, 0.3) is 5.69 Å². The number of nitro groups is 1. The van der Waals surface area contributed by atoms with E-state index in [1.54, 1.807) is 18.2 Å². The van der Waals surface area contributed by atoms with Crippen molar-refractivity contribution in [2.75, 3.05) is 5.32 Å². The summed E-state index contributed by atoms with van der Waals surface area (Å²) in [6.45, 7) is 1.85. The van der Waals surface area contributed by atoms with Crippen molar-refractivity contribution >= 4 is 17.3 Å². The molecule has 0 unspecified atom stereocenters. The maximum atomic E-state index is 11.3. The zero-order valence-corrected chi connectivity index (χ0v) is 9.29. The Kier molecular flexibility index (Phi) is 4.62. The molecule has 0 aliphatic rings. The van der Waals surface area contributed by atoms with E-state index in [2.05, 4.69) is 5.32 Å². The third-order valence-electron chi connectivity index (χ3n) is 1.90. The van der Waals surface area contributed by atoms with Gasteiger partial charge in [0.15, 0.2) is 0 Å². The van der Waals surface area contributed by atoms with Crippen molar-refractivity contribution in [3.05, 3.63) is 58.7 Å². The fourth-order valence-electron chi connectivity index (χ4n) is 1.10. The van der Waals surface area contributed by atoms with Gasteiger partial charge >= 0.3 is 0 Å². The van der Waals surface area contributed by atoms with Gasteiger partial charge in [0.2, 0.25) is 5.91 Å². The lowest BCUT2D eigenvalue weighted by molar-refractivity contribution is -0.384. The Morgan fingerprint density at radius 1 is 1.29 bits per heavy atom. The van der Waals surface area contributed by atoms with E-state index < -0.39 is 4.92 Å². The lowest BCUT2D eigenvalue weighted by atomic mass is 10.3. The second-order valence-corrected chi connectivity index (χ2v) is 3.18. The van der Waals surface area contributed by atoms with Crippen LogP contribution in [0.3, 0.4) is 0 Å². The molecule has 1 N–H and O–H groups in total. The Morgan fingerprint density at radius 2 is 1.94 bits per heavy atom. The average molecular weight is 232 g/mol. The first-order valence-electron chi connectivity index (χ1n) is 4.98. The summed E-state index contributed by atoms with van der Waals surface area (Å²) in [7, 11) is 0. The molecule has 0 spiro atoms. The zero-order valence-electron chi connectivity index (χ0n) is 9.29. The molecule has 0 atom stereocenters. The number of hydrogen-bond acceptors (Lipinski definition) is 3. The summed E-state index contributed by atoms with van der Waals surface area (Å²) in [6.07, 6.45) is 6.52. The Bertz CT molecular complexity index is 461. The topological polar surface area (TPSA) is 72.2 Å². The molecule has 0 saturated heterocycles. The number of nitrogens with one attached hydrogen (secondary N) is 1. The first-order chi connectivity index (χ1) is 8.13. The van der Waals surface area contributed by atoms with E-state index in [0.29, 0.717) is 5.69 Å². The molecule has 0 heterocycles. The number of benzene rings is 1. The van der Waals surface area contributed by atoms with Crippen molar-refractivity contribution in [3.8, 4) is 0 Å². The molecule has 88 valence electrons. The second-order valence-electron chi connectivity index (χ2n) is 3.18. The van der Waals surface area contributed by atoms with Gasteiger partial charge in [-0.1, -0.05) is 18.2 Å². The van der Waals surface area contributed by atoms with Crippen molar-refractivity contribution in [2.45, 2.75) is 6.92 Å². The smallest absolute Gasteiger partial charge is 0.269 e. The summed E-state index contributed by atoms with van der Waals surface area (Å²) in [5, 5.41) is 13.0. The van der Waals surface area contributed by atoms with Crippen molar-refractivity contribution in [1.29, 1.82) is 0 Å². The SMILES string of the molecule is C/C=C/C=C\C(=O)Nc1ccc([N+](=O)[O-])cc1. The third-order valence-corrected chi connectivity index (χ3v) is 1.90. The Hall–Kier alpha value is -2.43. The van der Waals surface area contributed by atoms with E-state index in [-0.39, 0.29) is 11.6 Å². The van der Waals surface area contributed by atoms with Crippen LogP contribution in [-0.2, 0) is 4.79 Å². The lowest BCUT2D eigenvalue weighted by Crippen LogP contribution is -2.07. The van der Waals surface area contributed by atoms with Crippen LogP contribution in [0.2, 0.25) is 0 Å². The van der Waals surface area contributed by atoms with Crippen LogP contribution in [0.1, 0.15) is 6.92 Å². The van der Waals surface area contributed by atoms with Crippen LogP contribution in [0.4, 0.5) is 11.4 Å². The van der Waals surface area contributed by atoms with Gasteiger partial charge in [-0.3, -0.25) is 14.9 Å². The largest absolute Gasteiger partial charge is 0.323 e. The summed E-state index contributed by atoms with van der Waals surface area (Å²) >= 11 is 0. The van der Waals surface area contributed by atoms with Crippen molar-refractivity contribution in [2.24, 2.45) is 0 Å². The molecule has 0 aromatic heterocycles. The second kappa shape index (κ2) is 6.22. The van der Waals surface area contributed by atoms with Gasteiger partial charge in [0, 0.05) is 23.9 Å². The molecule has 0 aliphatic carbocycles. The number of carbonyl (C=O) groups excluding carboxylic acids is 1. The number of carbonyl (C=O) groups is 1. The van der Waals surface area contributed by atoms with E-state index in [4.69, 9.17) is 0 Å². The molecule has 0 radical (unpaired) electrons. The van der Waals surface area contributed by atoms with E-state index in [1.807, 2.05) is 6.92 Å². The highest BCUT2D eigenvalue weighted by atomic mass is 16.6. The molecule has 1 aromatic rings. The fraction of sp³-hybridized carbons (Fsp3) is 0.0833. The lowest BCUT2D eigenvalue weighted by Gasteiger charge is -2.00. The number of anilines is 1. The van der Waals surface area contributed by atoms with Crippen LogP contribution in [0.25, 0.3) is 0 Å². The zero-order chi connectivity index (χ0) is 12.7. The first kappa shape index (κ1) is 12.6. The molecule has 0 fully saturated rings. The molecule has 17 heavy (non-hydrogen) atoms. The molecule has 1 aromatic carbocycles. The molecule has 0 bridgehead atoms. The van der Waals surface area contributed by atoms with Gasteiger partial charge in [-0.25, -0.2) is 0 Å². The monoisotopic (exact) mass is 232 g/mol. The van der Waals surface area contributed by atoms with Crippen LogP contribution < -0.4 is 5.32 Å². The highest BCUT2D eigenvalue weighted by Crippen LogP contribution is 2.15. The van der Waals surface area contributed by atoms with Crippen molar-refractivity contribution in [3.63, 3.8) is 0 Å².